The summed E-state index contributed by atoms with van der Waals surface area (Å²) in [5.74, 6) is 0. The quantitative estimate of drug-likeness (QED) is 0.909. The summed E-state index contributed by atoms with van der Waals surface area (Å²) in [6.45, 7) is 0.349. The van der Waals surface area contributed by atoms with Crippen molar-refractivity contribution in [3.8, 4) is 6.07 Å². The zero-order chi connectivity index (χ0) is 14.2. The highest BCUT2D eigenvalue weighted by Crippen LogP contribution is 2.34. The van der Waals surface area contributed by atoms with Crippen molar-refractivity contribution in [2.75, 3.05) is 7.05 Å². The number of nitriles is 1. The van der Waals surface area contributed by atoms with Crippen LogP contribution in [0.5, 0.6) is 0 Å². The number of fused-ring (bicyclic) bond motifs is 1. The summed E-state index contributed by atoms with van der Waals surface area (Å²) in [6.07, 6.45) is -4.38. The van der Waals surface area contributed by atoms with E-state index in [0.29, 0.717) is 28.7 Å². The second kappa shape index (κ2) is 4.59. The van der Waals surface area contributed by atoms with Gasteiger partial charge >= 0.3 is 6.18 Å². The van der Waals surface area contributed by atoms with E-state index in [1.54, 1.807) is 18.7 Å². The Kier molecular flexibility index (Phi) is 3.25. The zero-order valence-electron chi connectivity index (χ0n) is 10.5. The van der Waals surface area contributed by atoms with Crippen LogP contribution in [0.3, 0.4) is 0 Å². The van der Waals surface area contributed by atoms with E-state index in [4.69, 9.17) is 5.26 Å². The molecule has 0 saturated carbocycles. The molecule has 100 valence electrons. The minimum Gasteiger partial charge on any atom is -0.335 e. The Morgan fingerprint density at radius 2 is 2.05 bits per heavy atom. The maximum absolute atomic E-state index is 12.7. The molecule has 0 unspecified atom stereocenters. The molecule has 0 aliphatic rings. The van der Waals surface area contributed by atoms with Crippen molar-refractivity contribution in [2.45, 2.75) is 12.7 Å². The van der Waals surface area contributed by atoms with Crippen LogP contribution in [0.4, 0.5) is 13.2 Å². The molecule has 0 saturated heterocycles. The molecule has 0 radical (unpaired) electrons. The molecule has 0 fully saturated rings. The first-order valence-corrected chi connectivity index (χ1v) is 5.63. The van der Waals surface area contributed by atoms with E-state index in [1.165, 1.54) is 6.07 Å². The lowest BCUT2D eigenvalue weighted by atomic mass is 10.1. The maximum atomic E-state index is 12.7. The van der Waals surface area contributed by atoms with E-state index < -0.39 is 11.7 Å². The zero-order valence-corrected chi connectivity index (χ0v) is 10.5. The van der Waals surface area contributed by atoms with E-state index in [9.17, 15) is 13.2 Å². The maximum Gasteiger partial charge on any atom is 0.416 e. The van der Waals surface area contributed by atoms with E-state index in [-0.39, 0.29) is 0 Å². The van der Waals surface area contributed by atoms with Crippen LogP contribution >= 0.6 is 0 Å². The highest BCUT2D eigenvalue weighted by Gasteiger charge is 2.31. The number of benzene rings is 1. The average molecular weight is 267 g/mol. The number of halogens is 3. The Morgan fingerprint density at radius 3 is 2.58 bits per heavy atom. The number of hydrogen-bond donors (Lipinski definition) is 1. The average Bonchev–Trinajstić information content (AvgIpc) is 2.61. The Hall–Kier alpha value is -2.00. The number of aromatic nitrogens is 1. The second-order valence-corrected chi connectivity index (χ2v) is 4.26. The Morgan fingerprint density at radius 1 is 1.37 bits per heavy atom. The van der Waals surface area contributed by atoms with Gasteiger partial charge in [0.1, 0.15) is 11.8 Å². The van der Waals surface area contributed by atoms with Gasteiger partial charge in [0.15, 0.2) is 0 Å². The summed E-state index contributed by atoms with van der Waals surface area (Å²) in [7, 11) is 3.36. The Labute approximate surface area is 108 Å². The van der Waals surface area contributed by atoms with Gasteiger partial charge in [-0.1, -0.05) is 0 Å². The number of rotatable bonds is 2. The molecule has 1 aromatic heterocycles. The molecule has 0 spiro atoms. The van der Waals surface area contributed by atoms with Gasteiger partial charge in [-0.2, -0.15) is 18.4 Å². The summed E-state index contributed by atoms with van der Waals surface area (Å²) in [6, 6.07) is 5.57. The van der Waals surface area contributed by atoms with Crippen molar-refractivity contribution in [1.29, 1.82) is 5.26 Å². The minimum atomic E-state index is -4.38. The minimum absolute atomic E-state index is 0.349. The summed E-state index contributed by atoms with van der Waals surface area (Å²) >= 11 is 0. The van der Waals surface area contributed by atoms with Gasteiger partial charge in [0.05, 0.1) is 5.56 Å². The SMILES string of the molecule is CNCc1c(C#N)n(C)c2ccc(C(F)(F)F)cc12. The molecule has 1 N–H and O–H groups in total. The molecule has 2 rings (SSSR count). The van der Waals surface area contributed by atoms with E-state index >= 15 is 0 Å². The molecule has 0 amide bonds. The van der Waals surface area contributed by atoms with E-state index in [0.717, 1.165) is 12.1 Å². The number of nitrogens with one attached hydrogen (secondary N) is 1. The largest absolute Gasteiger partial charge is 0.416 e. The molecule has 0 aliphatic heterocycles. The van der Waals surface area contributed by atoms with Gasteiger partial charge in [-0.3, -0.25) is 0 Å². The standard InChI is InChI=1S/C13H12F3N3/c1-18-7-10-9-5-8(13(14,15)16)3-4-11(9)19(2)12(10)6-17/h3-5,18H,7H2,1-2H3. The van der Waals surface area contributed by atoms with Crippen molar-refractivity contribution in [2.24, 2.45) is 7.05 Å². The van der Waals surface area contributed by atoms with Crippen molar-refractivity contribution in [1.82, 2.24) is 9.88 Å². The lowest BCUT2D eigenvalue weighted by Gasteiger charge is -2.07. The summed E-state index contributed by atoms with van der Waals surface area (Å²) in [5, 5.41) is 12.5. The monoisotopic (exact) mass is 267 g/mol. The predicted octanol–water partition coefficient (Wildman–Crippen LogP) is 2.79. The van der Waals surface area contributed by atoms with Gasteiger partial charge in [0.25, 0.3) is 0 Å². The number of nitrogens with zero attached hydrogens (tertiary/aromatic N) is 2. The van der Waals surface area contributed by atoms with Crippen LogP contribution in [-0.2, 0) is 19.8 Å². The van der Waals surface area contributed by atoms with E-state index in [2.05, 4.69) is 5.32 Å². The van der Waals surface area contributed by atoms with Crippen LogP contribution in [0.1, 0.15) is 16.8 Å². The molecule has 0 atom stereocenters. The highest BCUT2D eigenvalue weighted by atomic mass is 19.4. The van der Waals surface area contributed by atoms with Crippen LogP contribution in [0.2, 0.25) is 0 Å². The Balaban J connectivity index is 2.77. The normalized spacial score (nSPS) is 11.8. The third-order valence-corrected chi connectivity index (χ3v) is 3.09. The lowest BCUT2D eigenvalue weighted by Crippen LogP contribution is -2.07. The van der Waals surface area contributed by atoms with Crippen LogP contribution in [0.25, 0.3) is 10.9 Å². The number of aryl methyl sites for hydroxylation is 1. The predicted molar refractivity (Wildman–Crippen MR) is 65.4 cm³/mol. The lowest BCUT2D eigenvalue weighted by molar-refractivity contribution is -0.137. The molecule has 0 bridgehead atoms. The fourth-order valence-corrected chi connectivity index (χ4v) is 2.20. The first-order chi connectivity index (χ1) is 8.90. The fourth-order valence-electron chi connectivity index (χ4n) is 2.20. The van der Waals surface area contributed by atoms with Gasteiger partial charge < -0.3 is 9.88 Å². The van der Waals surface area contributed by atoms with Crippen LogP contribution in [0, 0.1) is 11.3 Å². The van der Waals surface area contributed by atoms with Gasteiger partial charge in [0, 0.05) is 30.1 Å². The van der Waals surface area contributed by atoms with Crippen LogP contribution in [-0.4, -0.2) is 11.6 Å². The fraction of sp³-hybridized carbons (Fsp3) is 0.308. The summed E-state index contributed by atoms with van der Waals surface area (Å²) in [5.41, 5.74) is 0.888. The van der Waals surface area contributed by atoms with Crippen LogP contribution in [0.15, 0.2) is 18.2 Å². The first-order valence-electron chi connectivity index (χ1n) is 5.63. The molecule has 0 aliphatic carbocycles. The van der Waals surface area contributed by atoms with Crippen molar-refractivity contribution < 1.29 is 13.2 Å². The second-order valence-electron chi connectivity index (χ2n) is 4.26. The van der Waals surface area contributed by atoms with Crippen LogP contribution < -0.4 is 5.32 Å². The third-order valence-electron chi connectivity index (χ3n) is 3.09. The molecular weight excluding hydrogens is 255 g/mol. The molecule has 6 heteroatoms. The van der Waals surface area contributed by atoms with E-state index in [1.807, 2.05) is 6.07 Å². The molecular formula is C13H12F3N3. The van der Waals surface area contributed by atoms with Crippen molar-refractivity contribution in [3.05, 3.63) is 35.0 Å². The van der Waals surface area contributed by atoms with Gasteiger partial charge in [-0.05, 0) is 25.2 Å². The Bertz CT molecular complexity index is 662. The third kappa shape index (κ3) is 2.17. The van der Waals surface area contributed by atoms with Crippen molar-refractivity contribution in [3.63, 3.8) is 0 Å². The topological polar surface area (TPSA) is 40.8 Å². The molecule has 19 heavy (non-hydrogen) atoms. The first kappa shape index (κ1) is 13.4. The molecule has 1 aromatic carbocycles. The highest BCUT2D eigenvalue weighted by molar-refractivity contribution is 5.87. The molecule has 2 aromatic rings. The number of alkyl halides is 3. The molecule has 3 nitrogen and oxygen atoms in total. The van der Waals surface area contributed by atoms with Gasteiger partial charge in [-0.15, -0.1) is 0 Å². The van der Waals surface area contributed by atoms with Gasteiger partial charge in [0.2, 0.25) is 0 Å². The van der Waals surface area contributed by atoms with Crippen molar-refractivity contribution >= 4 is 10.9 Å². The summed E-state index contributed by atoms with van der Waals surface area (Å²) < 4.78 is 39.8. The smallest absolute Gasteiger partial charge is 0.335 e. The van der Waals surface area contributed by atoms with Gasteiger partial charge in [-0.25, -0.2) is 0 Å². The number of hydrogen-bond acceptors (Lipinski definition) is 2. The summed E-state index contributed by atoms with van der Waals surface area (Å²) in [4.78, 5) is 0. The molecule has 1 heterocycles.